The van der Waals surface area contributed by atoms with Gasteiger partial charge in [0.05, 0.1) is 12.2 Å². The third-order valence-electron chi connectivity index (χ3n) is 3.82. The van der Waals surface area contributed by atoms with Crippen LogP contribution < -0.4 is 10.5 Å². The number of rotatable bonds is 5. The number of nitrogens with two attached hydrogens (primary N) is 1. The van der Waals surface area contributed by atoms with Crippen LogP contribution >= 0.6 is 11.6 Å². The van der Waals surface area contributed by atoms with Crippen molar-refractivity contribution >= 4 is 23.4 Å². The minimum absolute atomic E-state index is 0.114. The fourth-order valence-electron chi connectivity index (χ4n) is 2.54. The van der Waals surface area contributed by atoms with E-state index in [0.29, 0.717) is 48.9 Å². The van der Waals surface area contributed by atoms with Gasteiger partial charge >= 0.3 is 0 Å². The quantitative estimate of drug-likeness (QED) is 0.904. The molecule has 0 saturated carbocycles. The number of carbonyl (C=O) groups is 2. The third-order valence-corrected chi connectivity index (χ3v) is 4.05. The Morgan fingerprint density at radius 1 is 1.36 bits per heavy atom. The Kier molecular flexibility index (Phi) is 5.66. The number of hydrogen-bond donors (Lipinski definition) is 1. The molecule has 0 aromatic heterocycles. The van der Waals surface area contributed by atoms with Gasteiger partial charge < -0.3 is 15.4 Å². The van der Waals surface area contributed by atoms with Gasteiger partial charge in [0.15, 0.2) is 0 Å². The number of primary amides is 1. The molecule has 0 aliphatic carbocycles. The highest BCUT2D eigenvalue weighted by Crippen LogP contribution is 2.26. The Balaban J connectivity index is 2.12. The Morgan fingerprint density at radius 3 is 2.64 bits per heavy atom. The summed E-state index contributed by atoms with van der Waals surface area (Å²) in [6, 6.07) is 5.07. The van der Waals surface area contributed by atoms with Crippen LogP contribution in [-0.2, 0) is 4.79 Å². The average molecular weight is 325 g/mol. The van der Waals surface area contributed by atoms with Gasteiger partial charge in [0.2, 0.25) is 5.91 Å². The van der Waals surface area contributed by atoms with Crippen molar-refractivity contribution in [1.82, 2.24) is 4.90 Å². The molecule has 2 amide bonds. The number of amides is 2. The van der Waals surface area contributed by atoms with Gasteiger partial charge in [-0.05, 0) is 37.5 Å². The number of ether oxygens (including phenoxy) is 1. The van der Waals surface area contributed by atoms with Crippen molar-refractivity contribution in [2.24, 2.45) is 11.7 Å². The third kappa shape index (κ3) is 3.91. The highest BCUT2D eigenvalue weighted by molar-refractivity contribution is 6.31. The van der Waals surface area contributed by atoms with Crippen molar-refractivity contribution in [2.45, 2.75) is 26.2 Å². The average Bonchev–Trinajstić information content (AvgIpc) is 2.53. The number of piperidine rings is 1. The monoisotopic (exact) mass is 324 g/mol. The Bertz CT molecular complexity index is 554. The normalized spacial score (nSPS) is 15.6. The molecule has 2 rings (SSSR count). The van der Waals surface area contributed by atoms with Crippen LogP contribution in [0.1, 0.15) is 36.5 Å². The van der Waals surface area contributed by atoms with Crippen molar-refractivity contribution in [1.29, 1.82) is 0 Å². The maximum Gasteiger partial charge on any atom is 0.257 e. The number of carbonyl (C=O) groups excluding carboxylic acids is 2. The van der Waals surface area contributed by atoms with Gasteiger partial charge in [-0.2, -0.15) is 0 Å². The molecule has 0 radical (unpaired) electrons. The topological polar surface area (TPSA) is 72.6 Å². The second-order valence-electron chi connectivity index (χ2n) is 5.46. The van der Waals surface area contributed by atoms with Gasteiger partial charge in [-0.1, -0.05) is 18.5 Å². The molecule has 5 nitrogen and oxygen atoms in total. The van der Waals surface area contributed by atoms with E-state index in [1.807, 2.05) is 6.92 Å². The van der Waals surface area contributed by atoms with Crippen LogP contribution in [0.25, 0.3) is 0 Å². The van der Waals surface area contributed by atoms with Crippen LogP contribution in [0.2, 0.25) is 5.02 Å². The summed E-state index contributed by atoms with van der Waals surface area (Å²) in [7, 11) is 0. The Labute approximate surface area is 135 Å². The number of hydrogen-bond acceptors (Lipinski definition) is 3. The highest BCUT2D eigenvalue weighted by atomic mass is 35.5. The molecule has 1 heterocycles. The van der Waals surface area contributed by atoms with E-state index in [1.54, 1.807) is 23.1 Å². The molecule has 0 unspecified atom stereocenters. The molecule has 1 fully saturated rings. The van der Waals surface area contributed by atoms with Crippen LogP contribution in [-0.4, -0.2) is 36.4 Å². The Hall–Kier alpha value is -1.75. The van der Waals surface area contributed by atoms with Crippen molar-refractivity contribution in [2.75, 3.05) is 19.7 Å². The zero-order valence-electron chi connectivity index (χ0n) is 12.7. The van der Waals surface area contributed by atoms with E-state index in [2.05, 4.69) is 0 Å². The van der Waals surface area contributed by atoms with Gasteiger partial charge in [-0.25, -0.2) is 0 Å². The second-order valence-corrected chi connectivity index (χ2v) is 5.89. The summed E-state index contributed by atoms with van der Waals surface area (Å²) in [5.74, 6) is 0.00541. The van der Waals surface area contributed by atoms with E-state index in [4.69, 9.17) is 22.1 Å². The lowest BCUT2D eigenvalue weighted by molar-refractivity contribution is -0.123. The van der Waals surface area contributed by atoms with Crippen LogP contribution in [0, 0.1) is 5.92 Å². The number of nitrogens with zero attached hydrogens (tertiary/aromatic N) is 1. The highest BCUT2D eigenvalue weighted by Gasteiger charge is 2.27. The van der Waals surface area contributed by atoms with Gasteiger partial charge in [0.25, 0.3) is 5.91 Å². The van der Waals surface area contributed by atoms with Gasteiger partial charge in [0.1, 0.15) is 5.75 Å². The van der Waals surface area contributed by atoms with Gasteiger partial charge in [-0.15, -0.1) is 0 Å². The number of benzene rings is 1. The summed E-state index contributed by atoms with van der Waals surface area (Å²) >= 11 is 6.01. The van der Waals surface area contributed by atoms with Crippen LogP contribution in [0.4, 0.5) is 0 Å². The molecular formula is C16H21ClN2O3. The lowest BCUT2D eigenvalue weighted by Gasteiger charge is -2.31. The van der Waals surface area contributed by atoms with E-state index in [1.165, 1.54) is 0 Å². The Morgan fingerprint density at radius 2 is 2.05 bits per heavy atom. The van der Waals surface area contributed by atoms with Crippen LogP contribution in [0.15, 0.2) is 18.2 Å². The van der Waals surface area contributed by atoms with Gasteiger partial charge in [-0.3, -0.25) is 9.59 Å². The van der Waals surface area contributed by atoms with Crippen molar-refractivity contribution in [3.63, 3.8) is 0 Å². The molecule has 1 saturated heterocycles. The first-order valence-electron chi connectivity index (χ1n) is 7.54. The largest absolute Gasteiger partial charge is 0.493 e. The van der Waals surface area contributed by atoms with Crippen LogP contribution in [0.3, 0.4) is 0 Å². The fraction of sp³-hybridized carbons (Fsp3) is 0.500. The van der Waals surface area contributed by atoms with Crippen molar-refractivity contribution in [3.8, 4) is 5.75 Å². The standard InChI is InChI=1S/C16H21ClN2O3/c1-2-9-22-14-4-3-12(17)10-13(14)16(21)19-7-5-11(6-8-19)15(18)20/h3-4,10-11H,2,5-9H2,1H3,(H2,18,20). The van der Waals surface area contributed by atoms with Crippen molar-refractivity contribution < 1.29 is 14.3 Å². The predicted octanol–water partition coefficient (Wildman–Crippen LogP) is 2.47. The van der Waals surface area contributed by atoms with Crippen LogP contribution in [0.5, 0.6) is 5.75 Å². The molecule has 1 aromatic carbocycles. The molecule has 0 spiro atoms. The second kappa shape index (κ2) is 7.49. The summed E-state index contributed by atoms with van der Waals surface area (Å²) < 4.78 is 5.63. The van der Waals surface area contributed by atoms with E-state index in [9.17, 15) is 9.59 Å². The molecule has 6 heteroatoms. The molecule has 120 valence electrons. The van der Waals surface area contributed by atoms with Gasteiger partial charge in [0, 0.05) is 24.0 Å². The summed E-state index contributed by atoms with van der Waals surface area (Å²) in [5.41, 5.74) is 5.79. The van der Waals surface area contributed by atoms with E-state index < -0.39 is 0 Å². The summed E-state index contributed by atoms with van der Waals surface area (Å²) in [6.45, 7) is 3.59. The summed E-state index contributed by atoms with van der Waals surface area (Å²) in [6.07, 6.45) is 2.07. The molecule has 1 aromatic rings. The smallest absolute Gasteiger partial charge is 0.257 e. The molecule has 0 bridgehead atoms. The molecule has 0 atom stereocenters. The predicted molar refractivity (Wildman–Crippen MR) is 85.1 cm³/mol. The maximum atomic E-state index is 12.7. The minimum Gasteiger partial charge on any atom is -0.493 e. The summed E-state index contributed by atoms with van der Waals surface area (Å²) in [4.78, 5) is 25.6. The zero-order valence-corrected chi connectivity index (χ0v) is 13.4. The summed E-state index contributed by atoms with van der Waals surface area (Å²) in [5, 5.41) is 0.499. The number of halogens is 1. The molecule has 2 N–H and O–H groups in total. The van der Waals surface area contributed by atoms with E-state index in [-0.39, 0.29) is 17.7 Å². The lowest BCUT2D eigenvalue weighted by atomic mass is 9.96. The first kappa shape index (κ1) is 16.6. The number of likely N-dealkylation sites (tertiary alicyclic amines) is 1. The SMILES string of the molecule is CCCOc1ccc(Cl)cc1C(=O)N1CCC(C(N)=O)CC1. The molecule has 22 heavy (non-hydrogen) atoms. The van der Waals surface area contributed by atoms with E-state index >= 15 is 0 Å². The minimum atomic E-state index is -0.290. The van der Waals surface area contributed by atoms with Crippen molar-refractivity contribution in [3.05, 3.63) is 28.8 Å². The molecule has 1 aliphatic heterocycles. The maximum absolute atomic E-state index is 12.7. The first-order valence-corrected chi connectivity index (χ1v) is 7.91. The van der Waals surface area contributed by atoms with E-state index in [0.717, 1.165) is 6.42 Å². The first-order chi connectivity index (χ1) is 10.5. The molecule has 1 aliphatic rings. The fourth-order valence-corrected chi connectivity index (χ4v) is 2.72. The molecular weight excluding hydrogens is 304 g/mol. The lowest BCUT2D eigenvalue weighted by Crippen LogP contribution is -2.41. The zero-order chi connectivity index (χ0) is 16.1.